The highest BCUT2D eigenvalue weighted by Crippen LogP contribution is 2.30. The molecule has 0 bridgehead atoms. The lowest BCUT2D eigenvalue weighted by molar-refractivity contribution is -0.137. The van der Waals surface area contributed by atoms with Crippen LogP contribution in [0, 0.1) is 13.8 Å². The molecule has 0 aliphatic carbocycles. The highest BCUT2D eigenvalue weighted by atomic mass is 32.2. The summed E-state index contributed by atoms with van der Waals surface area (Å²) in [5.41, 5.74) is 1.57. The molecule has 17 heavy (non-hydrogen) atoms. The Kier molecular flexibility index (Phi) is 3.33. The molecule has 0 aromatic carbocycles. The van der Waals surface area contributed by atoms with Crippen LogP contribution in [0.5, 0.6) is 0 Å². The minimum Gasteiger partial charge on any atom is -0.468 e. The number of aryl methyl sites for hydroxylation is 2. The van der Waals surface area contributed by atoms with Crippen LogP contribution in [0.25, 0.3) is 11.1 Å². The van der Waals surface area contributed by atoms with Crippen molar-refractivity contribution < 1.29 is 13.9 Å². The zero-order chi connectivity index (χ0) is 12.4. The summed E-state index contributed by atoms with van der Waals surface area (Å²) in [4.78, 5) is 19.3. The minimum absolute atomic E-state index is 0.228. The normalized spacial score (nSPS) is 10.8. The summed E-state index contributed by atoms with van der Waals surface area (Å²) in [6.45, 7) is 3.83. The molecule has 0 N–H and O–H groups in total. The SMILES string of the molecule is COC(=O)CSc1ncnc2oc(C)c(C)c12. The molecule has 0 aliphatic rings. The molecule has 0 fully saturated rings. The molecule has 6 heteroatoms. The van der Waals surface area contributed by atoms with Crippen molar-refractivity contribution in [2.24, 2.45) is 0 Å². The summed E-state index contributed by atoms with van der Waals surface area (Å²) < 4.78 is 10.1. The summed E-state index contributed by atoms with van der Waals surface area (Å²) in [5, 5.41) is 1.62. The number of furan rings is 1. The molecule has 0 spiro atoms. The zero-order valence-electron chi connectivity index (χ0n) is 9.81. The van der Waals surface area contributed by atoms with Crippen LogP contribution < -0.4 is 0 Å². The van der Waals surface area contributed by atoms with Gasteiger partial charge in [-0.2, -0.15) is 0 Å². The van der Waals surface area contributed by atoms with Gasteiger partial charge in [-0.3, -0.25) is 4.79 Å². The number of ether oxygens (including phenoxy) is 1. The first-order valence-corrected chi connectivity index (χ1v) is 6.02. The van der Waals surface area contributed by atoms with Gasteiger partial charge >= 0.3 is 5.97 Å². The van der Waals surface area contributed by atoms with Gasteiger partial charge in [-0.15, -0.1) is 0 Å². The van der Waals surface area contributed by atoms with Crippen molar-refractivity contribution in [1.82, 2.24) is 9.97 Å². The van der Waals surface area contributed by atoms with Gasteiger partial charge in [0.1, 0.15) is 17.1 Å². The van der Waals surface area contributed by atoms with Crippen LogP contribution in [0.1, 0.15) is 11.3 Å². The molecule has 90 valence electrons. The molecule has 0 unspecified atom stereocenters. The van der Waals surface area contributed by atoms with Gasteiger partial charge in [0.05, 0.1) is 18.2 Å². The van der Waals surface area contributed by atoms with E-state index < -0.39 is 0 Å². The summed E-state index contributed by atoms with van der Waals surface area (Å²) >= 11 is 1.32. The zero-order valence-corrected chi connectivity index (χ0v) is 10.6. The maximum absolute atomic E-state index is 11.1. The molecule has 0 radical (unpaired) electrons. The molecule has 2 heterocycles. The number of rotatable bonds is 3. The summed E-state index contributed by atoms with van der Waals surface area (Å²) in [6.07, 6.45) is 1.43. The van der Waals surface area contributed by atoms with E-state index in [1.165, 1.54) is 25.2 Å². The van der Waals surface area contributed by atoms with E-state index in [2.05, 4.69) is 14.7 Å². The third kappa shape index (κ3) is 2.26. The Morgan fingerprint density at radius 3 is 2.94 bits per heavy atom. The first-order valence-electron chi connectivity index (χ1n) is 5.03. The van der Waals surface area contributed by atoms with E-state index in [1.807, 2.05) is 13.8 Å². The lowest BCUT2D eigenvalue weighted by atomic mass is 10.2. The van der Waals surface area contributed by atoms with Gasteiger partial charge in [-0.25, -0.2) is 9.97 Å². The molecular weight excluding hydrogens is 240 g/mol. The monoisotopic (exact) mass is 252 g/mol. The van der Waals surface area contributed by atoms with Crippen LogP contribution in [0.4, 0.5) is 0 Å². The summed E-state index contributed by atoms with van der Waals surface area (Å²) in [6, 6.07) is 0. The molecule has 2 rings (SSSR count). The number of thioether (sulfide) groups is 1. The molecule has 0 aliphatic heterocycles. The number of carbonyl (C=O) groups excluding carboxylic acids is 1. The second-order valence-corrected chi connectivity index (χ2v) is 4.47. The van der Waals surface area contributed by atoms with E-state index >= 15 is 0 Å². The molecule has 0 saturated carbocycles. The number of aromatic nitrogens is 2. The Morgan fingerprint density at radius 2 is 2.24 bits per heavy atom. The van der Waals surface area contributed by atoms with Crippen molar-refractivity contribution in [2.45, 2.75) is 18.9 Å². The van der Waals surface area contributed by atoms with Crippen LogP contribution >= 0.6 is 11.8 Å². The van der Waals surface area contributed by atoms with E-state index in [0.29, 0.717) is 5.71 Å². The Morgan fingerprint density at radius 1 is 1.47 bits per heavy atom. The van der Waals surface area contributed by atoms with Gasteiger partial charge in [-0.1, -0.05) is 11.8 Å². The fraction of sp³-hybridized carbons (Fsp3) is 0.364. The van der Waals surface area contributed by atoms with Crippen LogP contribution in [-0.4, -0.2) is 28.8 Å². The molecule has 2 aromatic heterocycles. The van der Waals surface area contributed by atoms with Crippen LogP contribution in [0.15, 0.2) is 15.8 Å². The maximum Gasteiger partial charge on any atom is 0.316 e. The topological polar surface area (TPSA) is 65.2 Å². The van der Waals surface area contributed by atoms with Crippen molar-refractivity contribution in [3.8, 4) is 0 Å². The van der Waals surface area contributed by atoms with Crippen LogP contribution in [0.3, 0.4) is 0 Å². The van der Waals surface area contributed by atoms with E-state index in [-0.39, 0.29) is 11.7 Å². The van der Waals surface area contributed by atoms with Gasteiger partial charge in [0.15, 0.2) is 0 Å². The molecule has 2 aromatic rings. The number of hydrogen-bond donors (Lipinski definition) is 0. The van der Waals surface area contributed by atoms with E-state index in [9.17, 15) is 4.79 Å². The molecule has 5 nitrogen and oxygen atoms in total. The van der Waals surface area contributed by atoms with Crippen molar-refractivity contribution in [3.63, 3.8) is 0 Å². The number of fused-ring (bicyclic) bond motifs is 1. The Balaban J connectivity index is 2.37. The maximum atomic E-state index is 11.1. The van der Waals surface area contributed by atoms with E-state index in [4.69, 9.17) is 4.42 Å². The first kappa shape index (κ1) is 11.9. The number of nitrogens with zero attached hydrogens (tertiary/aromatic N) is 2. The van der Waals surface area contributed by atoms with Gasteiger partial charge in [0.2, 0.25) is 5.71 Å². The Labute approximate surface area is 103 Å². The van der Waals surface area contributed by atoms with Crippen molar-refractivity contribution in [1.29, 1.82) is 0 Å². The smallest absolute Gasteiger partial charge is 0.316 e. The third-order valence-electron chi connectivity index (χ3n) is 2.48. The quantitative estimate of drug-likeness (QED) is 0.473. The van der Waals surface area contributed by atoms with Gasteiger partial charge in [0.25, 0.3) is 0 Å². The van der Waals surface area contributed by atoms with Crippen LogP contribution in [0.2, 0.25) is 0 Å². The molecular formula is C11H12N2O3S. The first-order chi connectivity index (χ1) is 8.13. The fourth-order valence-electron chi connectivity index (χ4n) is 1.45. The van der Waals surface area contributed by atoms with Gasteiger partial charge in [0, 0.05) is 5.56 Å². The predicted octanol–water partition coefficient (Wildman–Crippen LogP) is 2.10. The lowest BCUT2D eigenvalue weighted by Crippen LogP contribution is -2.03. The van der Waals surface area contributed by atoms with Crippen molar-refractivity contribution >= 4 is 28.8 Å². The number of hydrogen-bond acceptors (Lipinski definition) is 6. The number of methoxy groups -OCH3 is 1. The highest BCUT2D eigenvalue weighted by molar-refractivity contribution is 8.00. The standard InChI is InChI=1S/C11H12N2O3S/c1-6-7(2)16-10-9(6)11(13-5-12-10)17-4-8(14)15-3/h5H,4H2,1-3H3. The van der Waals surface area contributed by atoms with Crippen molar-refractivity contribution in [2.75, 3.05) is 12.9 Å². The second-order valence-electron chi connectivity index (χ2n) is 3.51. The number of carbonyl (C=O) groups is 1. The van der Waals surface area contributed by atoms with E-state index in [1.54, 1.807) is 0 Å². The third-order valence-corrected chi connectivity index (χ3v) is 3.45. The molecule has 0 amide bonds. The predicted molar refractivity (Wildman–Crippen MR) is 64.0 cm³/mol. The van der Waals surface area contributed by atoms with Crippen molar-refractivity contribution in [3.05, 3.63) is 17.7 Å². The fourth-order valence-corrected chi connectivity index (χ4v) is 2.32. The Hall–Kier alpha value is -1.56. The largest absolute Gasteiger partial charge is 0.468 e. The van der Waals surface area contributed by atoms with Crippen LogP contribution in [-0.2, 0) is 9.53 Å². The molecule has 0 atom stereocenters. The Bertz CT molecular complexity index is 565. The minimum atomic E-state index is -0.278. The van der Waals surface area contributed by atoms with Gasteiger partial charge in [-0.05, 0) is 13.8 Å². The van der Waals surface area contributed by atoms with Gasteiger partial charge < -0.3 is 9.15 Å². The average Bonchev–Trinajstić information content (AvgIpc) is 2.63. The highest BCUT2D eigenvalue weighted by Gasteiger charge is 2.14. The molecule has 0 saturated heterocycles. The summed E-state index contributed by atoms with van der Waals surface area (Å²) in [7, 11) is 1.37. The average molecular weight is 252 g/mol. The van der Waals surface area contributed by atoms with E-state index in [0.717, 1.165) is 21.7 Å². The number of esters is 1. The lowest BCUT2D eigenvalue weighted by Gasteiger charge is -2.00. The summed E-state index contributed by atoms with van der Waals surface area (Å²) in [5.74, 6) is 0.770. The second kappa shape index (κ2) is 4.75.